The van der Waals surface area contributed by atoms with Gasteiger partial charge in [0.15, 0.2) is 12.4 Å². The lowest BCUT2D eigenvalue weighted by molar-refractivity contribution is -0.146. The molecule has 0 saturated carbocycles. The van der Waals surface area contributed by atoms with E-state index in [0.29, 0.717) is 17.9 Å². The van der Waals surface area contributed by atoms with Crippen molar-refractivity contribution >= 4 is 23.7 Å². The molecule has 1 N–H and O–H groups in total. The summed E-state index contributed by atoms with van der Waals surface area (Å²) < 4.78 is 4.92. The highest BCUT2D eigenvalue weighted by Gasteiger charge is 2.48. The first kappa shape index (κ1) is 19.6. The van der Waals surface area contributed by atoms with Gasteiger partial charge in [-0.25, -0.2) is 4.79 Å². The normalized spacial score (nSPS) is 19.6. The van der Waals surface area contributed by atoms with E-state index >= 15 is 0 Å². The summed E-state index contributed by atoms with van der Waals surface area (Å²) in [6.07, 6.45) is 1.26. The van der Waals surface area contributed by atoms with Crippen molar-refractivity contribution in [1.29, 1.82) is 0 Å². The third-order valence-electron chi connectivity index (χ3n) is 4.31. The SMILES string of the molecule is CC(C)CC[C@@]1(C)NC(=O)N(CC(=O)OCC(=O)c2ccccc2)C1=O. The molecule has 0 bridgehead atoms. The number of rotatable bonds is 8. The molecule has 1 aromatic carbocycles. The number of ketones is 1. The molecule has 140 valence electrons. The zero-order chi connectivity index (χ0) is 19.3. The summed E-state index contributed by atoms with van der Waals surface area (Å²) in [4.78, 5) is 49.3. The van der Waals surface area contributed by atoms with Crippen molar-refractivity contribution in [3.05, 3.63) is 35.9 Å². The van der Waals surface area contributed by atoms with Gasteiger partial charge in [-0.3, -0.25) is 19.3 Å². The number of imide groups is 1. The van der Waals surface area contributed by atoms with E-state index in [0.717, 1.165) is 11.3 Å². The minimum absolute atomic E-state index is 0.349. The van der Waals surface area contributed by atoms with Crippen LogP contribution in [0.25, 0.3) is 0 Å². The van der Waals surface area contributed by atoms with Gasteiger partial charge in [0.05, 0.1) is 0 Å². The van der Waals surface area contributed by atoms with Crippen LogP contribution in [0.2, 0.25) is 0 Å². The highest BCUT2D eigenvalue weighted by atomic mass is 16.5. The van der Waals surface area contributed by atoms with Crippen LogP contribution in [0.5, 0.6) is 0 Å². The second kappa shape index (κ2) is 8.12. The van der Waals surface area contributed by atoms with Gasteiger partial charge in [-0.15, -0.1) is 0 Å². The zero-order valence-corrected chi connectivity index (χ0v) is 15.3. The van der Waals surface area contributed by atoms with E-state index < -0.39 is 36.6 Å². The molecule has 1 fully saturated rings. The van der Waals surface area contributed by atoms with Gasteiger partial charge in [0.2, 0.25) is 0 Å². The van der Waals surface area contributed by atoms with Crippen LogP contribution in [0.15, 0.2) is 30.3 Å². The summed E-state index contributed by atoms with van der Waals surface area (Å²) in [6, 6.07) is 7.81. The first-order valence-corrected chi connectivity index (χ1v) is 8.61. The topological polar surface area (TPSA) is 92.8 Å². The Labute approximate surface area is 152 Å². The van der Waals surface area contributed by atoms with Crippen LogP contribution in [0.3, 0.4) is 0 Å². The summed E-state index contributed by atoms with van der Waals surface area (Å²) in [6.45, 7) is 4.77. The van der Waals surface area contributed by atoms with Crippen molar-refractivity contribution in [2.45, 2.75) is 39.2 Å². The van der Waals surface area contributed by atoms with Gasteiger partial charge < -0.3 is 10.1 Å². The Kier molecular flexibility index (Phi) is 6.13. The summed E-state index contributed by atoms with van der Waals surface area (Å²) in [5.74, 6) is -1.21. The maximum Gasteiger partial charge on any atom is 0.326 e. The van der Waals surface area contributed by atoms with Gasteiger partial charge in [0.1, 0.15) is 12.1 Å². The number of esters is 1. The van der Waals surface area contributed by atoms with E-state index in [-0.39, 0.29) is 5.78 Å². The van der Waals surface area contributed by atoms with Crippen molar-refractivity contribution in [2.24, 2.45) is 5.92 Å². The summed E-state index contributed by atoms with van der Waals surface area (Å²) in [7, 11) is 0. The second-order valence-electron chi connectivity index (χ2n) is 7.04. The van der Waals surface area contributed by atoms with E-state index in [9.17, 15) is 19.2 Å². The number of carbonyl (C=O) groups is 4. The number of amides is 3. The number of carbonyl (C=O) groups excluding carboxylic acids is 4. The lowest BCUT2D eigenvalue weighted by Gasteiger charge is -2.22. The molecule has 7 heteroatoms. The summed E-state index contributed by atoms with van der Waals surface area (Å²) in [5.41, 5.74) is -0.585. The Balaban J connectivity index is 1.89. The molecule has 0 radical (unpaired) electrons. The number of nitrogens with one attached hydrogen (secondary N) is 1. The fourth-order valence-corrected chi connectivity index (χ4v) is 2.67. The van der Waals surface area contributed by atoms with Gasteiger partial charge in [0.25, 0.3) is 5.91 Å². The minimum atomic E-state index is -1.01. The maximum atomic E-state index is 12.5. The minimum Gasteiger partial charge on any atom is -0.456 e. The van der Waals surface area contributed by atoms with Crippen LogP contribution in [0.1, 0.15) is 44.0 Å². The number of urea groups is 1. The molecule has 0 aliphatic carbocycles. The molecular weight excluding hydrogens is 336 g/mol. The third-order valence-corrected chi connectivity index (χ3v) is 4.31. The lowest BCUT2D eigenvalue weighted by Crippen LogP contribution is -2.44. The van der Waals surface area contributed by atoms with Crippen molar-refractivity contribution in [3.63, 3.8) is 0 Å². The van der Waals surface area contributed by atoms with Crippen molar-refractivity contribution < 1.29 is 23.9 Å². The molecule has 1 saturated heterocycles. The van der Waals surface area contributed by atoms with Crippen LogP contribution < -0.4 is 5.32 Å². The molecule has 26 heavy (non-hydrogen) atoms. The Morgan fingerprint density at radius 1 is 1.19 bits per heavy atom. The van der Waals surface area contributed by atoms with Gasteiger partial charge in [-0.2, -0.15) is 0 Å². The largest absolute Gasteiger partial charge is 0.456 e. The van der Waals surface area contributed by atoms with Crippen LogP contribution in [0, 0.1) is 5.92 Å². The van der Waals surface area contributed by atoms with Gasteiger partial charge >= 0.3 is 12.0 Å². The standard InChI is InChI=1S/C19H24N2O5/c1-13(2)9-10-19(3)17(24)21(18(25)20-19)11-16(23)26-12-15(22)14-7-5-4-6-8-14/h4-8,13H,9-12H2,1-3H3,(H,20,25)/t19-/m1/s1. The summed E-state index contributed by atoms with van der Waals surface area (Å²) in [5, 5.41) is 2.64. The first-order chi connectivity index (χ1) is 12.2. The molecule has 1 heterocycles. The fraction of sp³-hybridized carbons (Fsp3) is 0.474. The molecule has 0 aromatic heterocycles. The van der Waals surface area contributed by atoms with Crippen LogP contribution in [0.4, 0.5) is 4.79 Å². The van der Waals surface area contributed by atoms with E-state index in [1.807, 2.05) is 13.8 Å². The summed E-state index contributed by atoms with van der Waals surface area (Å²) >= 11 is 0. The smallest absolute Gasteiger partial charge is 0.326 e. The predicted octanol–water partition coefficient (Wildman–Crippen LogP) is 2.16. The molecule has 7 nitrogen and oxygen atoms in total. The third kappa shape index (κ3) is 4.68. The predicted molar refractivity (Wildman–Crippen MR) is 94.5 cm³/mol. The first-order valence-electron chi connectivity index (χ1n) is 8.61. The maximum absolute atomic E-state index is 12.5. The average Bonchev–Trinajstić information content (AvgIpc) is 2.82. The second-order valence-corrected chi connectivity index (χ2v) is 7.04. The van der Waals surface area contributed by atoms with Gasteiger partial charge in [-0.05, 0) is 25.7 Å². The number of nitrogens with zero attached hydrogens (tertiary/aromatic N) is 1. The highest BCUT2D eigenvalue weighted by Crippen LogP contribution is 2.24. The molecular formula is C19H24N2O5. The van der Waals surface area contributed by atoms with E-state index in [4.69, 9.17) is 4.74 Å². The van der Waals surface area contributed by atoms with Gasteiger partial charge in [0, 0.05) is 5.56 Å². The Morgan fingerprint density at radius 3 is 2.46 bits per heavy atom. The number of hydrogen-bond donors (Lipinski definition) is 1. The quantitative estimate of drug-likeness (QED) is 0.436. The van der Waals surface area contributed by atoms with Crippen molar-refractivity contribution in [2.75, 3.05) is 13.2 Å². The monoisotopic (exact) mass is 360 g/mol. The number of hydrogen-bond acceptors (Lipinski definition) is 5. The number of benzene rings is 1. The molecule has 1 atom stereocenters. The van der Waals surface area contributed by atoms with Crippen LogP contribution in [-0.4, -0.2) is 47.3 Å². The molecule has 2 rings (SSSR count). The van der Waals surface area contributed by atoms with Crippen molar-refractivity contribution in [1.82, 2.24) is 10.2 Å². The highest BCUT2D eigenvalue weighted by molar-refractivity contribution is 6.08. The Hall–Kier alpha value is -2.70. The van der Waals surface area contributed by atoms with Crippen LogP contribution >= 0.6 is 0 Å². The van der Waals surface area contributed by atoms with E-state index in [1.165, 1.54) is 0 Å². The number of Topliss-reactive ketones (excluding diaryl/α,β-unsaturated/α-hetero) is 1. The molecule has 0 unspecified atom stereocenters. The Bertz CT molecular complexity index is 701. The average molecular weight is 360 g/mol. The molecule has 3 amide bonds. The molecule has 0 spiro atoms. The lowest BCUT2D eigenvalue weighted by atomic mass is 9.92. The Morgan fingerprint density at radius 2 is 1.85 bits per heavy atom. The fourth-order valence-electron chi connectivity index (χ4n) is 2.67. The molecule has 1 aliphatic rings. The van der Waals surface area contributed by atoms with Crippen molar-refractivity contribution in [3.8, 4) is 0 Å². The van der Waals surface area contributed by atoms with E-state index in [2.05, 4.69) is 5.32 Å². The molecule has 1 aliphatic heterocycles. The zero-order valence-electron chi connectivity index (χ0n) is 15.3. The van der Waals surface area contributed by atoms with E-state index in [1.54, 1.807) is 37.3 Å². The molecule has 1 aromatic rings. The number of ether oxygens (including phenoxy) is 1. The van der Waals surface area contributed by atoms with Crippen LogP contribution in [-0.2, 0) is 14.3 Å². The van der Waals surface area contributed by atoms with Gasteiger partial charge in [-0.1, -0.05) is 44.2 Å².